The molecule has 1 aliphatic carbocycles. The number of nitrogens with one attached hydrogen (secondary N) is 1. The molecule has 1 saturated heterocycles. The van der Waals surface area contributed by atoms with Crippen molar-refractivity contribution in [2.24, 2.45) is 5.92 Å². The molecule has 0 radical (unpaired) electrons. The zero-order valence-electron chi connectivity index (χ0n) is 12.1. The van der Waals surface area contributed by atoms with E-state index in [0.29, 0.717) is 5.92 Å². The SMILES string of the molecule is CCNC(c1cncc(F)c1)C1CCOC2(CCC2)C1. The molecule has 1 N–H and O–H groups in total. The summed E-state index contributed by atoms with van der Waals surface area (Å²) in [5.41, 5.74) is 1.09. The number of pyridine rings is 1. The van der Waals surface area contributed by atoms with Crippen molar-refractivity contribution in [3.63, 3.8) is 0 Å². The highest BCUT2D eigenvalue weighted by Crippen LogP contribution is 2.47. The molecule has 4 heteroatoms. The Hall–Kier alpha value is -1.00. The summed E-state index contributed by atoms with van der Waals surface area (Å²) in [5, 5.41) is 3.52. The lowest BCUT2D eigenvalue weighted by molar-refractivity contribution is -0.147. The molecule has 2 heterocycles. The van der Waals surface area contributed by atoms with Crippen LogP contribution in [-0.2, 0) is 4.74 Å². The van der Waals surface area contributed by atoms with Gasteiger partial charge in [-0.3, -0.25) is 4.98 Å². The van der Waals surface area contributed by atoms with E-state index < -0.39 is 0 Å². The average Bonchev–Trinajstić information content (AvgIpc) is 2.43. The van der Waals surface area contributed by atoms with Crippen LogP contribution in [0.2, 0.25) is 0 Å². The van der Waals surface area contributed by atoms with E-state index in [1.54, 1.807) is 12.3 Å². The molecule has 0 bridgehead atoms. The largest absolute Gasteiger partial charge is 0.375 e. The molecular formula is C16H23FN2O. The van der Waals surface area contributed by atoms with Gasteiger partial charge in [-0.2, -0.15) is 0 Å². The van der Waals surface area contributed by atoms with Gasteiger partial charge >= 0.3 is 0 Å². The molecule has 1 aromatic heterocycles. The van der Waals surface area contributed by atoms with Crippen molar-refractivity contribution in [2.45, 2.75) is 50.7 Å². The topological polar surface area (TPSA) is 34.2 Å². The fourth-order valence-electron chi connectivity index (χ4n) is 3.64. The van der Waals surface area contributed by atoms with Gasteiger partial charge < -0.3 is 10.1 Å². The van der Waals surface area contributed by atoms with E-state index in [0.717, 1.165) is 31.6 Å². The number of rotatable bonds is 4. The molecule has 0 amide bonds. The average molecular weight is 278 g/mol. The summed E-state index contributed by atoms with van der Waals surface area (Å²) in [5.74, 6) is 0.253. The van der Waals surface area contributed by atoms with Crippen molar-refractivity contribution in [3.05, 3.63) is 29.8 Å². The van der Waals surface area contributed by atoms with E-state index in [1.165, 1.54) is 25.5 Å². The Bertz CT molecular complexity index is 462. The third kappa shape index (κ3) is 2.72. The fraction of sp³-hybridized carbons (Fsp3) is 0.688. The maximum atomic E-state index is 13.4. The van der Waals surface area contributed by atoms with E-state index in [2.05, 4.69) is 17.2 Å². The first kappa shape index (κ1) is 14.0. The molecule has 1 aliphatic heterocycles. The van der Waals surface area contributed by atoms with Crippen molar-refractivity contribution in [1.29, 1.82) is 0 Å². The lowest BCUT2D eigenvalue weighted by atomic mass is 9.69. The Labute approximate surface area is 119 Å². The molecule has 20 heavy (non-hydrogen) atoms. The number of hydrogen-bond donors (Lipinski definition) is 1. The summed E-state index contributed by atoms with van der Waals surface area (Å²) >= 11 is 0. The smallest absolute Gasteiger partial charge is 0.141 e. The Morgan fingerprint density at radius 2 is 2.35 bits per heavy atom. The van der Waals surface area contributed by atoms with Crippen LogP contribution in [0.25, 0.3) is 0 Å². The minimum atomic E-state index is -0.254. The summed E-state index contributed by atoms with van der Waals surface area (Å²) in [6.45, 7) is 3.80. The molecule has 1 spiro atoms. The van der Waals surface area contributed by atoms with Crippen LogP contribution in [-0.4, -0.2) is 23.7 Å². The quantitative estimate of drug-likeness (QED) is 0.918. The van der Waals surface area contributed by atoms with Crippen LogP contribution in [0.3, 0.4) is 0 Å². The van der Waals surface area contributed by atoms with Gasteiger partial charge in [0, 0.05) is 18.8 Å². The van der Waals surface area contributed by atoms with Crippen molar-refractivity contribution < 1.29 is 9.13 Å². The Morgan fingerprint density at radius 3 is 3.00 bits per heavy atom. The van der Waals surface area contributed by atoms with Gasteiger partial charge in [0.25, 0.3) is 0 Å². The standard InChI is InChI=1S/C16H23FN2O/c1-2-19-15(13-8-14(17)11-18-10-13)12-4-7-20-16(9-12)5-3-6-16/h8,10-12,15,19H,2-7,9H2,1H3. The number of halogens is 1. The molecule has 110 valence electrons. The molecule has 3 nitrogen and oxygen atoms in total. The fourth-order valence-corrected chi connectivity index (χ4v) is 3.64. The lowest BCUT2D eigenvalue weighted by Crippen LogP contribution is -2.48. The van der Waals surface area contributed by atoms with Gasteiger partial charge in [0.05, 0.1) is 11.8 Å². The van der Waals surface area contributed by atoms with Crippen LogP contribution in [0.4, 0.5) is 4.39 Å². The first-order valence-electron chi connectivity index (χ1n) is 7.70. The number of nitrogens with zero attached hydrogens (tertiary/aromatic N) is 1. The minimum absolute atomic E-state index is 0.122. The van der Waals surface area contributed by atoms with Crippen molar-refractivity contribution in [2.75, 3.05) is 13.2 Å². The van der Waals surface area contributed by atoms with Gasteiger partial charge in [0.15, 0.2) is 0 Å². The summed E-state index contributed by atoms with van der Waals surface area (Å²) < 4.78 is 19.5. The predicted molar refractivity (Wildman–Crippen MR) is 75.9 cm³/mol. The highest BCUT2D eigenvalue weighted by Gasteiger charge is 2.44. The second kappa shape index (κ2) is 5.78. The maximum absolute atomic E-state index is 13.4. The van der Waals surface area contributed by atoms with Gasteiger partial charge in [0.2, 0.25) is 0 Å². The number of aromatic nitrogens is 1. The molecule has 0 aromatic carbocycles. The summed E-state index contributed by atoms with van der Waals surface area (Å²) in [7, 11) is 0. The van der Waals surface area contributed by atoms with Crippen LogP contribution in [0, 0.1) is 11.7 Å². The molecule has 1 saturated carbocycles. The Kier molecular flexibility index (Phi) is 4.03. The second-order valence-electron chi connectivity index (χ2n) is 6.11. The summed E-state index contributed by atoms with van der Waals surface area (Å²) in [6, 6.07) is 1.80. The van der Waals surface area contributed by atoms with Gasteiger partial charge in [-0.15, -0.1) is 0 Å². The monoisotopic (exact) mass is 278 g/mol. The van der Waals surface area contributed by atoms with Crippen molar-refractivity contribution in [3.8, 4) is 0 Å². The van der Waals surface area contributed by atoms with E-state index >= 15 is 0 Å². The highest BCUT2D eigenvalue weighted by atomic mass is 19.1. The van der Waals surface area contributed by atoms with Crippen LogP contribution in [0.1, 0.15) is 50.6 Å². The first-order chi connectivity index (χ1) is 9.72. The molecule has 3 rings (SSSR count). The summed E-state index contributed by atoms with van der Waals surface area (Å²) in [6.07, 6.45) is 8.83. The van der Waals surface area contributed by atoms with E-state index in [9.17, 15) is 4.39 Å². The lowest BCUT2D eigenvalue weighted by Gasteiger charge is -2.49. The Morgan fingerprint density at radius 1 is 1.50 bits per heavy atom. The zero-order chi connectivity index (χ0) is 14.0. The summed E-state index contributed by atoms with van der Waals surface area (Å²) in [4.78, 5) is 4.01. The van der Waals surface area contributed by atoms with Crippen LogP contribution < -0.4 is 5.32 Å². The molecule has 2 atom stereocenters. The molecule has 2 fully saturated rings. The number of ether oxygens (including phenoxy) is 1. The highest BCUT2D eigenvalue weighted by molar-refractivity contribution is 5.17. The van der Waals surface area contributed by atoms with Crippen LogP contribution >= 0.6 is 0 Å². The van der Waals surface area contributed by atoms with Gasteiger partial charge in [-0.05, 0) is 56.2 Å². The van der Waals surface area contributed by atoms with E-state index in [-0.39, 0.29) is 17.5 Å². The molecule has 1 aromatic rings. The van der Waals surface area contributed by atoms with Gasteiger partial charge in [0.1, 0.15) is 5.82 Å². The van der Waals surface area contributed by atoms with E-state index in [1.807, 2.05) is 0 Å². The third-order valence-corrected chi connectivity index (χ3v) is 4.78. The molecule has 2 unspecified atom stereocenters. The first-order valence-corrected chi connectivity index (χ1v) is 7.70. The zero-order valence-corrected chi connectivity index (χ0v) is 12.1. The normalized spacial score (nSPS) is 26.2. The minimum Gasteiger partial charge on any atom is -0.375 e. The van der Waals surface area contributed by atoms with E-state index in [4.69, 9.17) is 4.74 Å². The second-order valence-corrected chi connectivity index (χ2v) is 6.11. The maximum Gasteiger partial charge on any atom is 0.141 e. The Balaban J connectivity index is 1.79. The van der Waals surface area contributed by atoms with Gasteiger partial charge in [-0.1, -0.05) is 6.92 Å². The number of hydrogen-bond acceptors (Lipinski definition) is 3. The van der Waals surface area contributed by atoms with Crippen molar-refractivity contribution in [1.82, 2.24) is 10.3 Å². The van der Waals surface area contributed by atoms with Gasteiger partial charge in [-0.25, -0.2) is 4.39 Å². The predicted octanol–water partition coefficient (Wildman–Crippen LogP) is 3.22. The molecule has 2 aliphatic rings. The van der Waals surface area contributed by atoms with Crippen LogP contribution in [0.5, 0.6) is 0 Å². The third-order valence-electron chi connectivity index (χ3n) is 4.78. The molecular weight excluding hydrogens is 255 g/mol. The van der Waals surface area contributed by atoms with Crippen molar-refractivity contribution >= 4 is 0 Å². The van der Waals surface area contributed by atoms with Crippen LogP contribution in [0.15, 0.2) is 18.5 Å².